The van der Waals surface area contributed by atoms with Crippen LogP contribution in [0.25, 0.3) is 0 Å². The molecule has 6 nitrogen and oxygen atoms in total. The molecule has 2 aliphatic rings. The number of hydrazone groups is 1. The van der Waals surface area contributed by atoms with Gasteiger partial charge in [-0.05, 0) is 54.4 Å². The normalized spacial score (nSPS) is 19.3. The summed E-state index contributed by atoms with van der Waals surface area (Å²) in [6, 6.07) is 19.3. The fourth-order valence-electron chi connectivity index (χ4n) is 4.10. The summed E-state index contributed by atoms with van der Waals surface area (Å²) in [5, 5.41) is 8.75. The van der Waals surface area contributed by atoms with Gasteiger partial charge in [-0.1, -0.05) is 53.7 Å². The van der Waals surface area contributed by atoms with Crippen LogP contribution in [0, 0.1) is 18.6 Å². The van der Waals surface area contributed by atoms with E-state index in [1.54, 1.807) is 11.1 Å². The second-order valence-electron chi connectivity index (χ2n) is 8.63. The fraction of sp³-hybridized carbons (Fsp3) is 0.185. The average molecular weight is 505 g/mol. The van der Waals surface area contributed by atoms with E-state index in [4.69, 9.17) is 5.10 Å². The molecule has 0 fully saturated rings. The number of nitrogens with one attached hydrogen (secondary N) is 1. The maximum atomic E-state index is 14.0. The number of hydrogen-bond donors (Lipinski definition) is 1. The number of hydrogen-bond acceptors (Lipinski definition) is 5. The number of amidine groups is 1. The maximum absolute atomic E-state index is 14.0. The minimum atomic E-state index is -0.716. The van der Waals surface area contributed by atoms with Crippen LogP contribution < -0.4 is 5.32 Å². The Hall–Kier alpha value is -3.85. The molecular formula is C27H22F2N4O2S. The summed E-state index contributed by atoms with van der Waals surface area (Å²) in [7, 11) is 0. The molecule has 0 radical (unpaired) electrons. The van der Waals surface area contributed by atoms with Crippen molar-refractivity contribution in [1.82, 2.24) is 5.01 Å². The number of halogens is 2. The molecule has 2 atom stereocenters. The Bertz CT molecular complexity index is 1370. The lowest BCUT2D eigenvalue weighted by atomic mass is 9.98. The van der Waals surface area contributed by atoms with Gasteiger partial charge in [-0.2, -0.15) is 10.1 Å². The molecule has 0 bridgehead atoms. The second kappa shape index (κ2) is 10.0. The molecule has 9 heteroatoms. The van der Waals surface area contributed by atoms with Crippen LogP contribution in [0.15, 0.2) is 82.9 Å². The molecule has 1 N–H and O–H groups in total. The first-order chi connectivity index (χ1) is 17.4. The van der Waals surface area contributed by atoms with E-state index in [0.717, 1.165) is 28.6 Å². The van der Waals surface area contributed by atoms with E-state index in [-0.39, 0.29) is 24.2 Å². The van der Waals surface area contributed by atoms with Gasteiger partial charge in [-0.3, -0.25) is 9.59 Å². The van der Waals surface area contributed by atoms with Gasteiger partial charge in [0.15, 0.2) is 5.17 Å². The monoisotopic (exact) mass is 504 g/mol. The largest absolute Gasteiger partial charge is 0.326 e. The number of amides is 2. The highest BCUT2D eigenvalue weighted by molar-refractivity contribution is 8.15. The molecule has 2 amide bonds. The molecule has 0 aromatic heterocycles. The lowest BCUT2D eigenvalue weighted by Crippen LogP contribution is -2.25. The topological polar surface area (TPSA) is 74.1 Å². The number of aryl methyl sites for hydroxylation is 1. The Balaban J connectivity index is 1.35. The Morgan fingerprint density at radius 1 is 1.06 bits per heavy atom. The molecule has 5 rings (SSSR count). The van der Waals surface area contributed by atoms with E-state index < -0.39 is 17.0 Å². The third kappa shape index (κ3) is 5.21. The van der Waals surface area contributed by atoms with Gasteiger partial charge < -0.3 is 5.32 Å². The van der Waals surface area contributed by atoms with Crippen LogP contribution in [0.3, 0.4) is 0 Å². The van der Waals surface area contributed by atoms with E-state index in [1.165, 1.54) is 36.4 Å². The quantitative estimate of drug-likeness (QED) is 0.501. The van der Waals surface area contributed by atoms with Crippen molar-refractivity contribution < 1.29 is 18.4 Å². The molecule has 0 aliphatic carbocycles. The highest BCUT2D eigenvalue weighted by atomic mass is 32.2. The standard InChI is InChI=1S/C27H22F2N4O2S/c1-16-5-7-17(8-6-16)22-14-23(18-3-2-4-20(29)13-18)33(32-22)27-31-26(35)24(36-27)15-25(34)30-21-11-9-19(28)10-12-21/h2-13,23-24H,14-15H2,1H3,(H,30,34)/t23-,24-/m0/s1. The summed E-state index contributed by atoms with van der Waals surface area (Å²) in [6.07, 6.45) is 0.414. The van der Waals surface area contributed by atoms with E-state index in [0.29, 0.717) is 22.8 Å². The van der Waals surface area contributed by atoms with E-state index in [1.807, 2.05) is 37.3 Å². The molecule has 2 heterocycles. The first kappa shape index (κ1) is 23.9. The van der Waals surface area contributed by atoms with E-state index in [2.05, 4.69) is 10.3 Å². The Labute approximate surface area is 211 Å². The zero-order chi connectivity index (χ0) is 25.2. The van der Waals surface area contributed by atoms with E-state index in [9.17, 15) is 18.4 Å². The number of carbonyl (C=O) groups is 2. The molecule has 182 valence electrons. The van der Waals surface area contributed by atoms with Crippen LogP contribution in [-0.2, 0) is 9.59 Å². The van der Waals surface area contributed by atoms with Crippen molar-refractivity contribution in [3.05, 3.63) is 101 Å². The van der Waals surface area contributed by atoms with Crippen molar-refractivity contribution in [2.24, 2.45) is 10.1 Å². The van der Waals surface area contributed by atoms with Gasteiger partial charge in [0.25, 0.3) is 5.91 Å². The van der Waals surface area contributed by atoms with Gasteiger partial charge in [-0.15, -0.1) is 0 Å². The molecule has 0 unspecified atom stereocenters. The predicted octanol–water partition coefficient (Wildman–Crippen LogP) is 5.45. The van der Waals surface area contributed by atoms with Crippen LogP contribution in [0.4, 0.5) is 14.5 Å². The van der Waals surface area contributed by atoms with Crippen molar-refractivity contribution in [3.63, 3.8) is 0 Å². The SMILES string of the molecule is Cc1ccc(C2=NN(C3=NC(=O)[C@H](CC(=O)Nc4ccc(F)cc4)S3)[C@H](c3cccc(F)c3)C2)cc1. The van der Waals surface area contributed by atoms with Gasteiger partial charge in [0, 0.05) is 18.5 Å². The molecular weight excluding hydrogens is 482 g/mol. The van der Waals surface area contributed by atoms with Gasteiger partial charge >= 0.3 is 0 Å². The van der Waals surface area contributed by atoms with Crippen LogP contribution in [0.1, 0.15) is 35.6 Å². The number of benzene rings is 3. The lowest BCUT2D eigenvalue weighted by molar-refractivity contribution is -0.121. The second-order valence-corrected chi connectivity index (χ2v) is 9.80. The van der Waals surface area contributed by atoms with Crippen molar-refractivity contribution in [3.8, 4) is 0 Å². The molecule has 3 aromatic carbocycles. The minimum Gasteiger partial charge on any atom is -0.326 e. The van der Waals surface area contributed by atoms with Crippen molar-refractivity contribution >= 4 is 40.1 Å². The summed E-state index contributed by atoms with van der Waals surface area (Å²) in [4.78, 5) is 29.4. The smallest absolute Gasteiger partial charge is 0.262 e. The zero-order valence-electron chi connectivity index (χ0n) is 19.3. The fourth-order valence-corrected chi connectivity index (χ4v) is 5.16. The van der Waals surface area contributed by atoms with Crippen molar-refractivity contribution in [2.75, 3.05) is 5.32 Å². The van der Waals surface area contributed by atoms with E-state index >= 15 is 0 Å². The maximum Gasteiger partial charge on any atom is 0.262 e. The molecule has 2 aliphatic heterocycles. The van der Waals surface area contributed by atoms with Crippen molar-refractivity contribution in [2.45, 2.75) is 31.1 Å². The summed E-state index contributed by atoms with van der Waals surface area (Å²) in [5.74, 6) is -1.57. The molecule has 0 saturated carbocycles. The average Bonchev–Trinajstić information content (AvgIpc) is 3.45. The number of carbonyl (C=O) groups excluding carboxylic acids is 2. The van der Waals surface area contributed by atoms with Gasteiger partial charge in [0.1, 0.15) is 16.9 Å². The number of rotatable bonds is 5. The van der Waals surface area contributed by atoms with Gasteiger partial charge in [0.05, 0.1) is 11.8 Å². The predicted molar refractivity (Wildman–Crippen MR) is 137 cm³/mol. The third-order valence-electron chi connectivity index (χ3n) is 5.95. The summed E-state index contributed by atoms with van der Waals surface area (Å²) in [5.41, 5.74) is 4.02. The third-order valence-corrected chi connectivity index (χ3v) is 7.09. The first-order valence-electron chi connectivity index (χ1n) is 11.4. The minimum absolute atomic E-state index is 0.0963. The number of nitrogens with zero attached hydrogens (tertiary/aromatic N) is 3. The van der Waals surface area contributed by atoms with Crippen LogP contribution in [-0.4, -0.2) is 33.0 Å². The summed E-state index contributed by atoms with van der Waals surface area (Å²) < 4.78 is 27.2. The first-order valence-corrected chi connectivity index (χ1v) is 12.3. The van der Waals surface area contributed by atoms with Gasteiger partial charge in [-0.25, -0.2) is 13.8 Å². The van der Waals surface area contributed by atoms with Crippen LogP contribution >= 0.6 is 11.8 Å². The zero-order valence-corrected chi connectivity index (χ0v) is 20.1. The lowest BCUT2D eigenvalue weighted by Gasteiger charge is -2.23. The number of aliphatic imine (C=N–C) groups is 1. The molecule has 0 spiro atoms. The van der Waals surface area contributed by atoms with Crippen LogP contribution in [0.5, 0.6) is 0 Å². The summed E-state index contributed by atoms with van der Waals surface area (Å²) in [6.45, 7) is 2.00. The van der Waals surface area contributed by atoms with Crippen LogP contribution in [0.2, 0.25) is 0 Å². The van der Waals surface area contributed by atoms with Crippen molar-refractivity contribution in [1.29, 1.82) is 0 Å². The highest BCUT2D eigenvalue weighted by Crippen LogP contribution is 2.38. The number of thioether (sulfide) groups is 1. The Morgan fingerprint density at radius 3 is 2.53 bits per heavy atom. The molecule has 36 heavy (non-hydrogen) atoms. The Morgan fingerprint density at radius 2 is 1.81 bits per heavy atom. The molecule has 3 aromatic rings. The number of anilines is 1. The van der Waals surface area contributed by atoms with Gasteiger partial charge in [0.2, 0.25) is 5.91 Å². The highest BCUT2D eigenvalue weighted by Gasteiger charge is 2.39. The summed E-state index contributed by atoms with van der Waals surface area (Å²) >= 11 is 1.16. The molecule has 0 saturated heterocycles. The Kier molecular flexibility index (Phi) is 6.65.